The topological polar surface area (TPSA) is 168 Å². The third-order valence-electron chi connectivity index (χ3n) is 4.05. The minimum Gasteiger partial charge on any atom is -0.451 e. The van der Waals surface area contributed by atoms with Crippen molar-refractivity contribution in [3.63, 3.8) is 0 Å². The SMILES string of the molecule is Cc1nc2sc(C(=O)OCC(=O)Nc3ccc([N+](=O)[O-])cc3C#N)c(C)c2c(=O)[nH]1. The zero-order valence-electron chi connectivity index (χ0n) is 15.6. The number of H-pyrrole nitrogens is 1. The number of thiophene rings is 1. The van der Waals surface area contributed by atoms with Crippen LogP contribution in [-0.2, 0) is 9.53 Å². The number of fused-ring (bicyclic) bond motifs is 1. The minimum atomic E-state index is -0.799. The standard InChI is InChI=1S/C18H13N5O6S/c1-8-14-16(25)20-9(2)21-17(14)30-15(8)18(26)29-7-13(24)22-12-4-3-11(23(27)28)5-10(12)6-19/h3-5H,7H2,1-2H3,(H,22,24)(H,20,21,25). The van der Waals surface area contributed by atoms with Crippen molar-refractivity contribution in [2.45, 2.75) is 13.8 Å². The van der Waals surface area contributed by atoms with Crippen LogP contribution in [0.4, 0.5) is 11.4 Å². The highest BCUT2D eigenvalue weighted by atomic mass is 32.1. The monoisotopic (exact) mass is 427 g/mol. The molecule has 0 aliphatic heterocycles. The van der Waals surface area contributed by atoms with Gasteiger partial charge < -0.3 is 15.0 Å². The Bertz CT molecular complexity index is 1300. The number of aryl methyl sites for hydroxylation is 2. The number of rotatable bonds is 5. The van der Waals surface area contributed by atoms with Crippen LogP contribution in [0.1, 0.15) is 26.6 Å². The Hall–Kier alpha value is -4.11. The maximum atomic E-state index is 12.4. The van der Waals surface area contributed by atoms with E-state index in [1.54, 1.807) is 19.9 Å². The van der Waals surface area contributed by atoms with Gasteiger partial charge in [-0.15, -0.1) is 11.3 Å². The molecule has 3 aromatic rings. The van der Waals surface area contributed by atoms with Gasteiger partial charge in [0.15, 0.2) is 6.61 Å². The molecule has 0 bridgehead atoms. The number of ether oxygens (including phenoxy) is 1. The molecular weight excluding hydrogens is 414 g/mol. The van der Waals surface area contributed by atoms with Gasteiger partial charge in [0.05, 0.1) is 21.6 Å². The highest BCUT2D eigenvalue weighted by Gasteiger charge is 2.21. The number of non-ortho nitro benzene ring substituents is 1. The third-order valence-corrected chi connectivity index (χ3v) is 5.21. The van der Waals surface area contributed by atoms with Gasteiger partial charge in [-0.2, -0.15) is 5.26 Å². The summed E-state index contributed by atoms with van der Waals surface area (Å²) in [5, 5.41) is 22.5. The molecule has 2 aromatic heterocycles. The summed E-state index contributed by atoms with van der Waals surface area (Å²) in [4.78, 5) is 53.9. The molecule has 0 fully saturated rings. The van der Waals surface area contributed by atoms with E-state index in [1.165, 1.54) is 6.07 Å². The summed E-state index contributed by atoms with van der Waals surface area (Å²) in [5.41, 5.74) is -0.324. The van der Waals surface area contributed by atoms with Crippen LogP contribution >= 0.6 is 11.3 Å². The minimum absolute atomic E-state index is 0.0494. The zero-order chi connectivity index (χ0) is 22.0. The number of carbonyl (C=O) groups is 2. The van der Waals surface area contributed by atoms with E-state index in [0.717, 1.165) is 23.5 Å². The number of anilines is 1. The number of hydrogen-bond acceptors (Lipinski definition) is 9. The first-order valence-corrected chi connectivity index (χ1v) is 9.18. The van der Waals surface area contributed by atoms with Crippen molar-refractivity contribution in [3.8, 4) is 6.07 Å². The summed E-state index contributed by atoms with van der Waals surface area (Å²) < 4.78 is 5.01. The summed E-state index contributed by atoms with van der Waals surface area (Å²) in [7, 11) is 0. The molecule has 152 valence electrons. The van der Waals surface area contributed by atoms with Gasteiger partial charge >= 0.3 is 5.97 Å². The van der Waals surface area contributed by atoms with Crippen molar-refractivity contribution >= 4 is 44.8 Å². The van der Waals surface area contributed by atoms with Crippen molar-refractivity contribution in [2.24, 2.45) is 0 Å². The molecule has 0 saturated heterocycles. The molecule has 0 aliphatic rings. The second-order valence-corrected chi connectivity index (χ2v) is 7.11. The van der Waals surface area contributed by atoms with Crippen LogP contribution in [0.25, 0.3) is 10.2 Å². The molecule has 30 heavy (non-hydrogen) atoms. The highest BCUT2D eigenvalue weighted by Crippen LogP contribution is 2.27. The zero-order valence-corrected chi connectivity index (χ0v) is 16.5. The van der Waals surface area contributed by atoms with Crippen LogP contribution in [0, 0.1) is 35.3 Å². The number of benzene rings is 1. The molecule has 0 atom stereocenters. The summed E-state index contributed by atoms with van der Waals surface area (Å²) >= 11 is 0.982. The second-order valence-electron chi connectivity index (χ2n) is 6.11. The molecule has 0 saturated carbocycles. The molecule has 0 aliphatic carbocycles. The van der Waals surface area contributed by atoms with Crippen molar-refractivity contribution in [2.75, 3.05) is 11.9 Å². The smallest absolute Gasteiger partial charge is 0.349 e. The number of aromatic nitrogens is 2. The Morgan fingerprint density at radius 2 is 2.13 bits per heavy atom. The second kappa shape index (κ2) is 8.10. The molecule has 12 heteroatoms. The maximum Gasteiger partial charge on any atom is 0.349 e. The fourth-order valence-corrected chi connectivity index (χ4v) is 3.80. The van der Waals surface area contributed by atoms with E-state index in [2.05, 4.69) is 15.3 Å². The van der Waals surface area contributed by atoms with Crippen LogP contribution in [0.2, 0.25) is 0 Å². The summed E-state index contributed by atoms with van der Waals surface area (Å²) in [6.45, 7) is 2.54. The number of nitro benzene ring substituents is 1. The van der Waals surface area contributed by atoms with Gasteiger partial charge in [-0.3, -0.25) is 19.7 Å². The van der Waals surface area contributed by atoms with Crippen LogP contribution < -0.4 is 10.9 Å². The van der Waals surface area contributed by atoms with Crippen LogP contribution in [0.5, 0.6) is 0 Å². The molecule has 11 nitrogen and oxygen atoms in total. The Morgan fingerprint density at radius 1 is 1.40 bits per heavy atom. The van der Waals surface area contributed by atoms with E-state index in [9.17, 15) is 24.5 Å². The molecule has 2 N–H and O–H groups in total. The number of carbonyl (C=O) groups excluding carboxylic acids is 2. The molecule has 2 heterocycles. The number of esters is 1. The lowest BCUT2D eigenvalue weighted by Gasteiger charge is -2.07. The van der Waals surface area contributed by atoms with Gasteiger partial charge in [-0.25, -0.2) is 9.78 Å². The number of nitro groups is 1. The lowest BCUT2D eigenvalue weighted by molar-refractivity contribution is -0.384. The lowest BCUT2D eigenvalue weighted by Crippen LogP contribution is -2.21. The molecule has 0 spiro atoms. The summed E-state index contributed by atoms with van der Waals surface area (Å²) in [6, 6.07) is 5.13. The molecule has 0 unspecified atom stereocenters. The van der Waals surface area contributed by atoms with E-state index in [1.807, 2.05) is 0 Å². The fraction of sp³-hybridized carbons (Fsp3) is 0.167. The van der Waals surface area contributed by atoms with E-state index < -0.39 is 23.4 Å². The number of nitrogens with zero attached hydrogens (tertiary/aromatic N) is 3. The van der Waals surface area contributed by atoms with Crippen molar-refractivity contribution in [3.05, 3.63) is 60.5 Å². The first kappa shape index (κ1) is 20.6. The lowest BCUT2D eigenvalue weighted by atomic mass is 10.1. The van der Waals surface area contributed by atoms with Gasteiger partial charge in [0.25, 0.3) is 17.2 Å². The average Bonchev–Trinajstić information content (AvgIpc) is 3.02. The molecule has 1 aromatic carbocycles. The molecule has 1 amide bonds. The van der Waals surface area contributed by atoms with Gasteiger partial charge in [-0.1, -0.05) is 0 Å². The van der Waals surface area contributed by atoms with Crippen molar-refractivity contribution in [1.29, 1.82) is 5.26 Å². The first-order chi connectivity index (χ1) is 14.2. The number of hydrogen-bond donors (Lipinski definition) is 2. The fourth-order valence-electron chi connectivity index (χ4n) is 2.68. The van der Waals surface area contributed by atoms with E-state index >= 15 is 0 Å². The Kier molecular flexibility index (Phi) is 5.56. The number of amides is 1. The van der Waals surface area contributed by atoms with Crippen LogP contribution in [0.15, 0.2) is 23.0 Å². The maximum absolute atomic E-state index is 12.4. The van der Waals surface area contributed by atoms with Gasteiger partial charge in [-0.05, 0) is 25.5 Å². The summed E-state index contributed by atoms with van der Waals surface area (Å²) in [5.74, 6) is -1.13. The molecular formula is C18H13N5O6S. The van der Waals surface area contributed by atoms with Gasteiger partial charge in [0, 0.05) is 12.1 Å². The average molecular weight is 427 g/mol. The van der Waals surface area contributed by atoms with E-state index in [4.69, 9.17) is 10.00 Å². The highest BCUT2D eigenvalue weighted by molar-refractivity contribution is 7.20. The Morgan fingerprint density at radius 3 is 2.80 bits per heavy atom. The van der Waals surface area contributed by atoms with Crippen LogP contribution in [-0.4, -0.2) is 33.4 Å². The normalized spacial score (nSPS) is 10.4. The van der Waals surface area contributed by atoms with Crippen molar-refractivity contribution < 1.29 is 19.2 Å². The third kappa shape index (κ3) is 4.01. The van der Waals surface area contributed by atoms with Gasteiger partial charge in [0.2, 0.25) is 0 Å². The number of nitriles is 1. The molecule has 3 rings (SSSR count). The summed E-state index contributed by atoms with van der Waals surface area (Å²) in [6.07, 6.45) is 0. The van der Waals surface area contributed by atoms with Gasteiger partial charge in [0.1, 0.15) is 21.6 Å². The predicted molar refractivity (Wildman–Crippen MR) is 106 cm³/mol. The number of aromatic amines is 1. The Labute approximate surface area is 172 Å². The Balaban J connectivity index is 1.72. The predicted octanol–water partition coefficient (Wildman–Crippen LogP) is 2.18. The van der Waals surface area contributed by atoms with E-state index in [-0.39, 0.29) is 32.8 Å². The van der Waals surface area contributed by atoms with E-state index in [0.29, 0.717) is 16.2 Å². The van der Waals surface area contributed by atoms with Crippen LogP contribution in [0.3, 0.4) is 0 Å². The molecule has 0 radical (unpaired) electrons. The van der Waals surface area contributed by atoms with Crippen molar-refractivity contribution in [1.82, 2.24) is 9.97 Å². The largest absolute Gasteiger partial charge is 0.451 e. The quantitative estimate of drug-likeness (QED) is 0.355. The first-order valence-electron chi connectivity index (χ1n) is 8.36. The number of nitrogens with one attached hydrogen (secondary N) is 2.